The van der Waals surface area contributed by atoms with Gasteiger partial charge in [0, 0.05) is 24.2 Å². The number of hydrogen-bond donors (Lipinski definition) is 1. The van der Waals surface area contributed by atoms with Gasteiger partial charge in [-0.15, -0.1) is 0 Å². The van der Waals surface area contributed by atoms with Gasteiger partial charge in [0.15, 0.2) is 11.5 Å². The molecule has 1 N–H and O–H groups in total. The predicted octanol–water partition coefficient (Wildman–Crippen LogP) is 4.13. The standard InChI is InChI=1S/C20H27NO3/c1-6-15-7-9-16(10-8-15)14(2)21-13-17-11-19(23-4)20(24-5)12-18(17)22-3/h7-12,14,21H,6,13H2,1-5H3. The van der Waals surface area contributed by atoms with Crippen molar-refractivity contribution in [2.45, 2.75) is 32.9 Å². The summed E-state index contributed by atoms with van der Waals surface area (Å²) in [5, 5.41) is 3.54. The Labute approximate surface area is 144 Å². The maximum absolute atomic E-state index is 5.48. The lowest BCUT2D eigenvalue weighted by Gasteiger charge is -2.18. The van der Waals surface area contributed by atoms with Crippen LogP contribution in [-0.4, -0.2) is 21.3 Å². The van der Waals surface area contributed by atoms with Crippen LogP contribution >= 0.6 is 0 Å². The van der Waals surface area contributed by atoms with Crippen LogP contribution in [0.2, 0.25) is 0 Å². The molecule has 1 atom stereocenters. The summed E-state index contributed by atoms with van der Waals surface area (Å²) in [6, 6.07) is 12.8. The normalized spacial score (nSPS) is 11.9. The molecule has 0 aliphatic rings. The van der Waals surface area contributed by atoms with Gasteiger partial charge < -0.3 is 19.5 Å². The summed E-state index contributed by atoms with van der Waals surface area (Å²) in [5.74, 6) is 2.16. The number of rotatable bonds is 8. The molecule has 0 aromatic heterocycles. The first kappa shape index (κ1) is 18.1. The highest BCUT2D eigenvalue weighted by Crippen LogP contribution is 2.34. The second kappa shape index (κ2) is 8.60. The second-order valence-corrected chi connectivity index (χ2v) is 5.72. The van der Waals surface area contributed by atoms with Crippen molar-refractivity contribution >= 4 is 0 Å². The number of hydrogen-bond acceptors (Lipinski definition) is 4. The van der Waals surface area contributed by atoms with Crippen molar-refractivity contribution in [3.8, 4) is 17.2 Å². The highest BCUT2D eigenvalue weighted by Gasteiger charge is 2.13. The smallest absolute Gasteiger partial charge is 0.164 e. The quantitative estimate of drug-likeness (QED) is 0.790. The third-order valence-electron chi connectivity index (χ3n) is 4.27. The van der Waals surface area contributed by atoms with E-state index in [-0.39, 0.29) is 6.04 Å². The zero-order chi connectivity index (χ0) is 17.5. The minimum absolute atomic E-state index is 0.244. The molecule has 0 aliphatic heterocycles. The fraction of sp³-hybridized carbons (Fsp3) is 0.400. The minimum atomic E-state index is 0.244. The molecule has 2 aromatic rings. The molecule has 0 spiro atoms. The molecule has 0 radical (unpaired) electrons. The molecule has 4 heteroatoms. The van der Waals surface area contributed by atoms with Gasteiger partial charge >= 0.3 is 0 Å². The Morgan fingerprint density at radius 2 is 1.46 bits per heavy atom. The van der Waals surface area contributed by atoms with E-state index in [1.54, 1.807) is 21.3 Å². The molecular formula is C20H27NO3. The fourth-order valence-corrected chi connectivity index (χ4v) is 2.65. The SMILES string of the molecule is CCc1ccc(C(C)NCc2cc(OC)c(OC)cc2OC)cc1. The van der Waals surface area contributed by atoms with Gasteiger partial charge in [-0.1, -0.05) is 31.2 Å². The summed E-state index contributed by atoms with van der Waals surface area (Å²) in [4.78, 5) is 0. The Balaban J connectivity index is 2.12. The monoisotopic (exact) mass is 329 g/mol. The summed E-state index contributed by atoms with van der Waals surface area (Å²) < 4.78 is 16.2. The summed E-state index contributed by atoms with van der Waals surface area (Å²) in [6.45, 7) is 5.01. The second-order valence-electron chi connectivity index (χ2n) is 5.72. The van der Waals surface area contributed by atoms with Crippen molar-refractivity contribution in [2.75, 3.05) is 21.3 Å². The van der Waals surface area contributed by atoms with Crippen molar-refractivity contribution in [3.05, 3.63) is 53.1 Å². The molecular weight excluding hydrogens is 302 g/mol. The van der Waals surface area contributed by atoms with Crippen molar-refractivity contribution < 1.29 is 14.2 Å². The van der Waals surface area contributed by atoms with Gasteiger partial charge in [0.25, 0.3) is 0 Å². The van der Waals surface area contributed by atoms with Crippen LogP contribution in [0.25, 0.3) is 0 Å². The maximum atomic E-state index is 5.48. The zero-order valence-electron chi connectivity index (χ0n) is 15.2. The van der Waals surface area contributed by atoms with Crippen LogP contribution in [0.1, 0.15) is 36.6 Å². The van der Waals surface area contributed by atoms with Gasteiger partial charge in [0.05, 0.1) is 21.3 Å². The minimum Gasteiger partial charge on any atom is -0.496 e. The largest absolute Gasteiger partial charge is 0.496 e. The molecule has 0 aliphatic carbocycles. The molecule has 0 saturated heterocycles. The van der Waals surface area contributed by atoms with Gasteiger partial charge in [-0.3, -0.25) is 0 Å². The van der Waals surface area contributed by atoms with Gasteiger partial charge in [0.2, 0.25) is 0 Å². The van der Waals surface area contributed by atoms with Crippen molar-refractivity contribution in [2.24, 2.45) is 0 Å². The maximum Gasteiger partial charge on any atom is 0.164 e. The van der Waals surface area contributed by atoms with Gasteiger partial charge in [-0.25, -0.2) is 0 Å². The van der Waals surface area contributed by atoms with Crippen LogP contribution in [0.4, 0.5) is 0 Å². The molecule has 2 aromatic carbocycles. The molecule has 130 valence electrons. The zero-order valence-corrected chi connectivity index (χ0v) is 15.2. The molecule has 0 heterocycles. The van der Waals surface area contributed by atoms with Gasteiger partial charge in [0.1, 0.15) is 5.75 Å². The number of ether oxygens (including phenoxy) is 3. The van der Waals surface area contributed by atoms with E-state index < -0.39 is 0 Å². The molecule has 0 fully saturated rings. The summed E-state index contributed by atoms with van der Waals surface area (Å²) in [5.41, 5.74) is 3.66. The molecule has 2 rings (SSSR count). The Kier molecular flexibility index (Phi) is 6.50. The predicted molar refractivity (Wildman–Crippen MR) is 97.2 cm³/mol. The first-order chi connectivity index (χ1) is 11.6. The Morgan fingerprint density at radius 3 is 2.00 bits per heavy atom. The molecule has 24 heavy (non-hydrogen) atoms. The third kappa shape index (κ3) is 4.20. The van der Waals surface area contributed by atoms with E-state index in [9.17, 15) is 0 Å². The highest BCUT2D eigenvalue weighted by atomic mass is 16.5. The number of benzene rings is 2. The van der Waals surface area contributed by atoms with Crippen LogP contribution in [-0.2, 0) is 13.0 Å². The summed E-state index contributed by atoms with van der Waals surface area (Å²) in [6.07, 6.45) is 1.06. The third-order valence-corrected chi connectivity index (χ3v) is 4.27. The summed E-state index contributed by atoms with van der Waals surface area (Å²) in [7, 11) is 4.92. The molecule has 1 unspecified atom stereocenters. The van der Waals surface area contributed by atoms with Gasteiger partial charge in [-0.2, -0.15) is 0 Å². The number of methoxy groups -OCH3 is 3. The first-order valence-electron chi connectivity index (χ1n) is 8.24. The lowest BCUT2D eigenvalue weighted by molar-refractivity contribution is 0.346. The van der Waals surface area contributed by atoms with Crippen molar-refractivity contribution in [1.29, 1.82) is 0 Å². The van der Waals surface area contributed by atoms with E-state index in [0.717, 1.165) is 17.7 Å². The lowest BCUT2D eigenvalue weighted by atomic mass is 10.0. The average molecular weight is 329 g/mol. The van der Waals surface area contributed by atoms with E-state index >= 15 is 0 Å². The van der Waals surface area contributed by atoms with Crippen molar-refractivity contribution in [1.82, 2.24) is 5.32 Å². The van der Waals surface area contributed by atoms with Crippen LogP contribution in [0.15, 0.2) is 36.4 Å². The lowest BCUT2D eigenvalue weighted by Crippen LogP contribution is -2.18. The average Bonchev–Trinajstić information content (AvgIpc) is 2.65. The van der Waals surface area contributed by atoms with Crippen molar-refractivity contribution in [3.63, 3.8) is 0 Å². The fourth-order valence-electron chi connectivity index (χ4n) is 2.65. The van der Waals surface area contributed by atoms with Crippen LogP contribution < -0.4 is 19.5 Å². The van der Waals surface area contributed by atoms with E-state index in [1.807, 2.05) is 12.1 Å². The Hall–Kier alpha value is -2.20. The number of aryl methyl sites for hydroxylation is 1. The summed E-state index contributed by atoms with van der Waals surface area (Å²) >= 11 is 0. The Morgan fingerprint density at radius 1 is 0.875 bits per heavy atom. The number of nitrogens with one attached hydrogen (secondary N) is 1. The van der Waals surface area contributed by atoms with E-state index in [2.05, 4.69) is 43.4 Å². The van der Waals surface area contributed by atoms with Crippen LogP contribution in [0, 0.1) is 0 Å². The molecule has 0 bridgehead atoms. The molecule has 4 nitrogen and oxygen atoms in total. The van der Waals surface area contributed by atoms with E-state index in [1.165, 1.54) is 11.1 Å². The highest BCUT2D eigenvalue weighted by molar-refractivity contribution is 5.50. The van der Waals surface area contributed by atoms with E-state index in [0.29, 0.717) is 18.0 Å². The molecule has 0 saturated carbocycles. The first-order valence-corrected chi connectivity index (χ1v) is 8.24. The van der Waals surface area contributed by atoms with Gasteiger partial charge in [-0.05, 0) is 30.5 Å². The Bertz CT molecular complexity index is 653. The molecule has 0 amide bonds. The van der Waals surface area contributed by atoms with Crippen LogP contribution in [0.5, 0.6) is 17.2 Å². The van der Waals surface area contributed by atoms with E-state index in [4.69, 9.17) is 14.2 Å². The topological polar surface area (TPSA) is 39.7 Å². The van der Waals surface area contributed by atoms with Crippen LogP contribution in [0.3, 0.4) is 0 Å².